The van der Waals surface area contributed by atoms with Crippen molar-refractivity contribution < 1.29 is 47.7 Å². The van der Waals surface area contributed by atoms with Crippen molar-refractivity contribution in [3.63, 3.8) is 0 Å². The number of anilines is 1. The number of hydrogen-bond acceptors (Lipinski definition) is 10. The van der Waals surface area contributed by atoms with Crippen LogP contribution in [0, 0.1) is 5.92 Å². The zero-order valence-corrected chi connectivity index (χ0v) is 30.0. The Hall–Kier alpha value is -5.69. The van der Waals surface area contributed by atoms with E-state index >= 15 is 0 Å². The average Bonchev–Trinajstić information content (AvgIpc) is 3.89. The van der Waals surface area contributed by atoms with Crippen molar-refractivity contribution in [2.75, 3.05) is 18.7 Å². The molecular formula is C39H40N2O10S. The minimum atomic E-state index is -1.86. The largest absolute Gasteiger partial charge is 0.481 e. The van der Waals surface area contributed by atoms with E-state index in [0.29, 0.717) is 28.5 Å². The van der Waals surface area contributed by atoms with Gasteiger partial charge in [-0.05, 0) is 92.0 Å². The Morgan fingerprint density at radius 1 is 1.00 bits per heavy atom. The maximum absolute atomic E-state index is 14.2. The summed E-state index contributed by atoms with van der Waals surface area (Å²) >= 11 is 1.50. The van der Waals surface area contributed by atoms with Crippen LogP contribution < -0.4 is 14.8 Å². The van der Waals surface area contributed by atoms with Gasteiger partial charge < -0.3 is 34.0 Å². The smallest absolute Gasteiger partial charge is 0.318 e. The summed E-state index contributed by atoms with van der Waals surface area (Å²) in [5.41, 5.74) is 1.17. The summed E-state index contributed by atoms with van der Waals surface area (Å²) in [5, 5.41) is 16.2. The third-order valence-corrected chi connectivity index (χ3v) is 8.95. The number of amides is 2. The summed E-state index contributed by atoms with van der Waals surface area (Å²) < 4.78 is 22.5. The highest BCUT2D eigenvalue weighted by Crippen LogP contribution is 2.38. The molecule has 2 aromatic heterocycles. The normalized spacial score (nSPS) is 14.0. The number of ether oxygens (including phenoxy) is 3. The molecule has 3 atom stereocenters. The first-order valence-electron chi connectivity index (χ1n) is 16.6. The Morgan fingerprint density at radius 2 is 1.75 bits per heavy atom. The second-order valence-electron chi connectivity index (χ2n) is 13.2. The van der Waals surface area contributed by atoms with Gasteiger partial charge in [-0.15, -0.1) is 0 Å². The number of carbonyl (C=O) groups excluding carboxylic acids is 4. The topological polar surface area (TPSA) is 162 Å². The Balaban J connectivity index is 1.49. The fraction of sp³-hybridized carbons (Fsp3) is 0.308. The molecule has 2 aromatic carbocycles. The van der Waals surface area contributed by atoms with Crippen molar-refractivity contribution in [3.8, 4) is 11.5 Å². The van der Waals surface area contributed by atoms with E-state index < -0.39 is 59.4 Å². The molecule has 0 spiro atoms. The number of carboxylic acids is 1. The Labute approximate surface area is 305 Å². The molecule has 3 heterocycles. The molecule has 1 aliphatic rings. The predicted molar refractivity (Wildman–Crippen MR) is 193 cm³/mol. The first-order valence-corrected chi connectivity index (χ1v) is 17.6. The molecule has 52 heavy (non-hydrogen) atoms. The number of fused-ring (bicyclic) bond motifs is 1. The van der Waals surface area contributed by atoms with Gasteiger partial charge in [-0.3, -0.25) is 24.0 Å². The number of thiophene rings is 1. The number of rotatable bonds is 15. The van der Waals surface area contributed by atoms with Gasteiger partial charge in [0.2, 0.25) is 12.6 Å². The zero-order chi connectivity index (χ0) is 37.4. The van der Waals surface area contributed by atoms with Crippen molar-refractivity contribution in [2.24, 2.45) is 5.92 Å². The molecule has 5 rings (SSSR count). The lowest BCUT2D eigenvalue weighted by Gasteiger charge is -2.35. The number of nitrogens with zero attached hydrogens (tertiary/aromatic N) is 1. The number of benzene rings is 2. The maximum atomic E-state index is 14.2. The van der Waals surface area contributed by atoms with Gasteiger partial charge in [0.15, 0.2) is 17.3 Å². The van der Waals surface area contributed by atoms with Crippen LogP contribution in [-0.2, 0) is 30.3 Å². The number of carbonyl (C=O) groups is 5. The molecule has 0 fully saturated rings. The minimum absolute atomic E-state index is 0.0409. The van der Waals surface area contributed by atoms with Crippen LogP contribution in [-0.4, -0.2) is 64.5 Å². The van der Waals surface area contributed by atoms with E-state index in [1.807, 2.05) is 29.0 Å². The highest BCUT2D eigenvalue weighted by molar-refractivity contribution is 7.08. The SMILES string of the molecule is CC(C(Cc1ccc(C(=O)Nc2ccccc2)o1)c1ccc2c(c1)OCO2)N(CC=Cc1ccsc1)C(=O)C(=O)C(CC(=O)O)C(=O)OC(C)(C)C. The summed E-state index contributed by atoms with van der Waals surface area (Å²) in [6.45, 7) is 6.49. The minimum Gasteiger partial charge on any atom is -0.481 e. The molecular weight excluding hydrogens is 689 g/mol. The first-order chi connectivity index (χ1) is 24.8. The number of furan rings is 1. The highest BCUT2D eigenvalue weighted by Gasteiger charge is 2.41. The molecule has 0 bridgehead atoms. The standard InChI is InChI=1S/C39H40N2O10S/c1-24(41(17-8-9-25-16-18-52-22-25)37(46)35(44)30(21-34(42)43)38(47)51-39(2,3)4)29(26-12-14-31-33(19-26)49-23-48-31)20-28-13-15-32(50-28)36(45)40-27-10-6-5-7-11-27/h5-16,18-19,22,24,29-30H,17,20-21,23H2,1-4H3,(H,40,45)(H,42,43). The molecule has 3 unspecified atom stereocenters. The van der Waals surface area contributed by atoms with Gasteiger partial charge in [-0.1, -0.05) is 36.4 Å². The molecule has 272 valence electrons. The zero-order valence-electron chi connectivity index (χ0n) is 29.2. The number of aliphatic carboxylic acids is 1. The molecule has 13 heteroatoms. The van der Waals surface area contributed by atoms with Gasteiger partial charge in [-0.2, -0.15) is 11.3 Å². The van der Waals surface area contributed by atoms with Crippen LogP contribution in [0.15, 0.2) is 88.0 Å². The average molecular weight is 729 g/mol. The maximum Gasteiger partial charge on any atom is 0.318 e. The number of esters is 1. The molecule has 2 amide bonds. The first kappa shape index (κ1) is 37.6. The van der Waals surface area contributed by atoms with Crippen molar-refractivity contribution >= 4 is 52.6 Å². The summed E-state index contributed by atoms with van der Waals surface area (Å²) in [4.78, 5) is 67.3. The number of ketones is 1. The van der Waals surface area contributed by atoms with Gasteiger partial charge in [0.25, 0.3) is 11.8 Å². The number of para-hydroxylation sites is 1. The van der Waals surface area contributed by atoms with Gasteiger partial charge in [-0.25, -0.2) is 0 Å². The van der Waals surface area contributed by atoms with Gasteiger partial charge in [0.05, 0.1) is 6.42 Å². The van der Waals surface area contributed by atoms with Crippen LogP contribution in [0.2, 0.25) is 0 Å². The second kappa shape index (κ2) is 16.6. The van der Waals surface area contributed by atoms with Crippen molar-refractivity contribution in [1.82, 2.24) is 4.90 Å². The van der Waals surface area contributed by atoms with E-state index in [2.05, 4.69) is 5.32 Å². The Kier molecular flexibility index (Phi) is 12.0. The van der Waals surface area contributed by atoms with Gasteiger partial charge in [0, 0.05) is 30.6 Å². The molecule has 0 saturated carbocycles. The predicted octanol–water partition coefficient (Wildman–Crippen LogP) is 6.58. The number of carboxylic acid groups (broad SMARTS) is 1. The number of Topliss-reactive ketones (excluding diaryl/α,β-unsaturated/α-hetero) is 1. The van der Waals surface area contributed by atoms with Crippen LogP contribution in [0.4, 0.5) is 5.69 Å². The van der Waals surface area contributed by atoms with Crippen molar-refractivity contribution in [3.05, 3.63) is 106 Å². The van der Waals surface area contributed by atoms with E-state index in [9.17, 15) is 29.1 Å². The van der Waals surface area contributed by atoms with Crippen LogP contribution in [0.25, 0.3) is 6.08 Å². The van der Waals surface area contributed by atoms with Crippen LogP contribution in [0.1, 0.15) is 67.5 Å². The Morgan fingerprint density at radius 3 is 2.44 bits per heavy atom. The van der Waals surface area contributed by atoms with Gasteiger partial charge in [0.1, 0.15) is 17.3 Å². The summed E-state index contributed by atoms with van der Waals surface area (Å²) in [6, 6.07) is 18.7. The molecule has 0 saturated heterocycles. The number of nitrogens with one attached hydrogen (secondary N) is 1. The third-order valence-electron chi connectivity index (χ3n) is 8.25. The second-order valence-corrected chi connectivity index (χ2v) is 14.0. The van der Waals surface area contributed by atoms with E-state index in [1.165, 1.54) is 16.2 Å². The molecule has 0 aliphatic carbocycles. The summed E-state index contributed by atoms with van der Waals surface area (Å²) in [7, 11) is 0. The van der Waals surface area contributed by atoms with E-state index in [4.69, 9.17) is 18.6 Å². The fourth-order valence-electron chi connectivity index (χ4n) is 5.70. The van der Waals surface area contributed by atoms with Gasteiger partial charge >= 0.3 is 11.9 Å². The van der Waals surface area contributed by atoms with Crippen molar-refractivity contribution in [2.45, 2.75) is 58.1 Å². The summed E-state index contributed by atoms with van der Waals surface area (Å²) in [5.74, 6) is -6.10. The van der Waals surface area contributed by atoms with Crippen molar-refractivity contribution in [1.29, 1.82) is 0 Å². The molecule has 1 aliphatic heterocycles. The highest BCUT2D eigenvalue weighted by atomic mass is 32.1. The lowest BCUT2D eigenvalue weighted by Crippen LogP contribution is -2.49. The molecule has 4 aromatic rings. The number of hydrogen-bond donors (Lipinski definition) is 2. The quantitative estimate of drug-likeness (QED) is 0.0777. The lowest BCUT2D eigenvalue weighted by molar-refractivity contribution is -0.167. The van der Waals surface area contributed by atoms with E-state index in [-0.39, 0.29) is 25.5 Å². The van der Waals surface area contributed by atoms with Crippen LogP contribution in [0.5, 0.6) is 11.5 Å². The lowest BCUT2D eigenvalue weighted by atomic mass is 9.86. The Bertz CT molecular complexity index is 1930. The molecule has 12 nitrogen and oxygen atoms in total. The monoisotopic (exact) mass is 728 g/mol. The van der Waals surface area contributed by atoms with Crippen LogP contribution in [0.3, 0.4) is 0 Å². The summed E-state index contributed by atoms with van der Waals surface area (Å²) in [6.07, 6.45) is 2.78. The van der Waals surface area contributed by atoms with E-state index in [0.717, 1.165) is 5.56 Å². The van der Waals surface area contributed by atoms with Crippen LogP contribution >= 0.6 is 11.3 Å². The fourth-order valence-corrected chi connectivity index (χ4v) is 6.32. The third kappa shape index (κ3) is 9.75. The molecule has 0 radical (unpaired) electrons. The van der Waals surface area contributed by atoms with E-state index in [1.54, 1.807) is 88.4 Å². The molecule has 2 N–H and O–H groups in total.